The maximum atomic E-state index is 12.2. The molecule has 2 saturated heterocycles. The number of carbonyl (C=O) groups excluding carboxylic acids is 1. The van der Waals surface area contributed by atoms with E-state index in [0.717, 1.165) is 31.9 Å². The maximum absolute atomic E-state index is 12.2. The molecule has 6 nitrogen and oxygen atoms in total. The zero-order valence-electron chi connectivity index (χ0n) is 15.4. The van der Waals surface area contributed by atoms with Crippen LogP contribution in [0.1, 0.15) is 20.8 Å². The van der Waals surface area contributed by atoms with E-state index in [2.05, 4.69) is 36.2 Å². The number of benzene rings is 1. The van der Waals surface area contributed by atoms with Gasteiger partial charge in [0.15, 0.2) is 0 Å². The highest BCUT2D eigenvalue weighted by Crippen LogP contribution is 2.52. The van der Waals surface area contributed by atoms with E-state index in [1.54, 1.807) is 0 Å². The van der Waals surface area contributed by atoms with Crippen LogP contribution in [-0.2, 0) is 0 Å². The second kappa shape index (κ2) is 6.75. The quantitative estimate of drug-likeness (QED) is 0.854. The second-order valence-corrected chi connectivity index (χ2v) is 7.72. The number of rotatable bonds is 5. The average molecular weight is 347 g/mol. The van der Waals surface area contributed by atoms with Crippen molar-refractivity contribution in [2.24, 2.45) is 10.8 Å². The SMILES string of the molecule is CCOc1ccc(N2CC3(C)CN(C(=O)NCCO)CC3(C)C2)cc1. The van der Waals surface area contributed by atoms with Crippen molar-refractivity contribution in [3.8, 4) is 5.75 Å². The van der Waals surface area contributed by atoms with Crippen LogP contribution >= 0.6 is 0 Å². The summed E-state index contributed by atoms with van der Waals surface area (Å²) in [5, 5.41) is 11.7. The van der Waals surface area contributed by atoms with Crippen LogP contribution in [0.3, 0.4) is 0 Å². The summed E-state index contributed by atoms with van der Waals surface area (Å²) < 4.78 is 5.52. The minimum absolute atomic E-state index is 0.0281. The average Bonchev–Trinajstić information content (AvgIpc) is 2.98. The number of carbonyl (C=O) groups is 1. The lowest BCUT2D eigenvalue weighted by atomic mass is 9.71. The Balaban J connectivity index is 1.68. The van der Waals surface area contributed by atoms with Crippen molar-refractivity contribution < 1.29 is 14.6 Å². The first-order valence-corrected chi connectivity index (χ1v) is 9.02. The third-order valence-electron chi connectivity index (χ3n) is 5.80. The van der Waals surface area contributed by atoms with Gasteiger partial charge >= 0.3 is 6.03 Å². The molecule has 1 aromatic rings. The minimum Gasteiger partial charge on any atom is -0.494 e. The van der Waals surface area contributed by atoms with Crippen molar-refractivity contribution in [2.75, 3.05) is 50.8 Å². The van der Waals surface area contributed by atoms with Crippen LogP contribution in [-0.4, -0.2) is 62.0 Å². The molecule has 2 aliphatic rings. The van der Waals surface area contributed by atoms with Gasteiger partial charge in [-0.1, -0.05) is 13.8 Å². The number of likely N-dealkylation sites (tertiary alicyclic amines) is 1. The van der Waals surface area contributed by atoms with E-state index in [4.69, 9.17) is 9.84 Å². The molecule has 0 aliphatic carbocycles. The van der Waals surface area contributed by atoms with Crippen LogP contribution in [0.2, 0.25) is 0 Å². The van der Waals surface area contributed by atoms with Crippen LogP contribution in [0.15, 0.2) is 24.3 Å². The molecule has 2 unspecified atom stereocenters. The molecule has 2 atom stereocenters. The molecule has 0 aromatic heterocycles. The zero-order valence-corrected chi connectivity index (χ0v) is 15.4. The fourth-order valence-electron chi connectivity index (χ4n) is 4.18. The van der Waals surface area contributed by atoms with Gasteiger partial charge in [-0.25, -0.2) is 4.79 Å². The molecule has 0 spiro atoms. The van der Waals surface area contributed by atoms with Crippen molar-refractivity contribution >= 4 is 11.7 Å². The first-order valence-electron chi connectivity index (χ1n) is 9.02. The molecule has 0 bridgehead atoms. The third kappa shape index (κ3) is 3.27. The Morgan fingerprint density at radius 1 is 1.16 bits per heavy atom. The van der Waals surface area contributed by atoms with Gasteiger partial charge in [-0.3, -0.25) is 0 Å². The molecule has 2 fully saturated rings. The summed E-state index contributed by atoms with van der Waals surface area (Å²) in [7, 11) is 0. The van der Waals surface area contributed by atoms with Gasteiger partial charge in [-0.15, -0.1) is 0 Å². The van der Waals surface area contributed by atoms with Crippen molar-refractivity contribution in [3.05, 3.63) is 24.3 Å². The van der Waals surface area contributed by atoms with E-state index >= 15 is 0 Å². The molecule has 138 valence electrons. The first kappa shape index (κ1) is 17.9. The predicted octanol–water partition coefficient (Wildman–Crippen LogP) is 1.94. The normalized spacial score (nSPS) is 28.2. The standard InChI is InChI=1S/C19H29N3O3/c1-4-25-16-7-5-15(6-8-16)21-11-18(2)13-22(14-19(18,3)12-21)17(24)20-9-10-23/h5-8,23H,4,9-14H2,1-3H3,(H,20,24). The first-order chi connectivity index (χ1) is 11.9. The van der Waals surface area contributed by atoms with Crippen molar-refractivity contribution in [1.82, 2.24) is 10.2 Å². The molecule has 2 N–H and O–H groups in total. The minimum atomic E-state index is -0.0708. The molecule has 6 heteroatoms. The number of anilines is 1. The van der Waals surface area contributed by atoms with Crippen LogP contribution in [0.25, 0.3) is 0 Å². The fraction of sp³-hybridized carbons (Fsp3) is 0.632. The Labute approximate surface area is 149 Å². The van der Waals surface area contributed by atoms with Gasteiger partial charge in [0.25, 0.3) is 0 Å². The number of aliphatic hydroxyl groups is 1. The van der Waals surface area contributed by atoms with E-state index in [1.165, 1.54) is 5.69 Å². The highest BCUT2D eigenvalue weighted by molar-refractivity contribution is 5.75. The van der Waals surface area contributed by atoms with Crippen LogP contribution in [0.5, 0.6) is 5.75 Å². The smallest absolute Gasteiger partial charge is 0.317 e. The molecule has 2 heterocycles. The summed E-state index contributed by atoms with van der Waals surface area (Å²) >= 11 is 0. The van der Waals surface area contributed by atoms with Gasteiger partial charge in [0.05, 0.1) is 13.2 Å². The van der Waals surface area contributed by atoms with Gasteiger partial charge in [-0.2, -0.15) is 0 Å². The van der Waals surface area contributed by atoms with E-state index in [1.807, 2.05) is 24.0 Å². The summed E-state index contributed by atoms with van der Waals surface area (Å²) in [6.07, 6.45) is 0. The van der Waals surface area contributed by atoms with Crippen molar-refractivity contribution in [1.29, 1.82) is 0 Å². The highest BCUT2D eigenvalue weighted by atomic mass is 16.5. The van der Waals surface area contributed by atoms with Crippen LogP contribution < -0.4 is 15.0 Å². The molecule has 2 aliphatic heterocycles. The Bertz CT molecular complexity index is 601. The number of hydrogen-bond acceptors (Lipinski definition) is 4. The number of nitrogens with one attached hydrogen (secondary N) is 1. The number of hydrogen-bond donors (Lipinski definition) is 2. The Kier molecular flexibility index (Phi) is 4.82. The topological polar surface area (TPSA) is 65.0 Å². The van der Waals surface area contributed by atoms with E-state index in [-0.39, 0.29) is 23.5 Å². The summed E-state index contributed by atoms with van der Waals surface area (Å²) in [5.74, 6) is 0.898. The van der Waals surface area contributed by atoms with Crippen molar-refractivity contribution in [2.45, 2.75) is 20.8 Å². The number of urea groups is 1. The summed E-state index contributed by atoms with van der Waals surface area (Å²) in [6.45, 7) is 10.8. The fourth-order valence-corrected chi connectivity index (χ4v) is 4.18. The van der Waals surface area contributed by atoms with Crippen molar-refractivity contribution in [3.63, 3.8) is 0 Å². The number of amides is 2. The third-order valence-corrected chi connectivity index (χ3v) is 5.80. The number of aliphatic hydroxyl groups excluding tert-OH is 1. The molecule has 2 amide bonds. The lowest BCUT2D eigenvalue weighted by Gasteiger charge is -2.29. The van der Waals surface area contributed by atoms with Gasteiger partial charge < -0.3 is 25.0 Å². The van der Waals surface area contributed by atoms with E-state index < -0.39 is 0 Å². The Hall–Kier alpha value is -1.95. The zero-order chi connectivity index (χ0) is 18.1. The van der Waals surface area contributed by atoms with E-state index in [0.29, 0.717) is 13.2 Å². The lowest BCUT2D eigenvalue weighted by Crippen LogP contribution is -2.42. The number of nitrogens with zero attached hydrogens (tertiary/aromatic N) is 2. The lowest BCUT2D eigenvalue weighted by molar-refractivity contribution is 0.197. The van der Waals surface area contributed by atoms with Gasteiger partial charge in [-0.05, 0) is 31.2 Å². The van der Waals surface area contributed by atoms with Crippen LogP contribution in [0, 0.1) is 10.8 Å². The predicted molar refractivity (Wildman–Crippen MR) is 98.1 cm³/mol. The van der Waals surface area contributed by atoms with E-state index in [9.17, 15) is 4.79 Å². The maximum Gasteiger partial charge on any atom is 0.317 e. The Morgan fingerprint density at radius 3 is 2.28 bits per heavy atom. The molecule has 3 rings (SSSR count). The number of ether oxygens (including phenoxy) is 1. The molecule has 1 aromatic carbocycles. The summed E-state index contributed by atoms with van der Waals surface area (Å²) in [5.41, 5.74) is 1.32. The van der Waals surface area contributed by atoms with Crippen LogP contribution in [0.4, 0.5) is 10.5 Å². The van der Waals surface area contributed by atoms with Gasteiger partial charge in [0.2, 0.25) is 0 Å². The monoisotopic (exact) mass is 347 g/mol. The van der Waals surface area contributed by atoms with Gasteiger partial charge in [0, 0.05) is 49.2 Å². The molecular weight excluding hydrogens is 318 g/mol. The highest BCUT2D eigenvalue weighted by Gasteiger charge is 2.58. The largest absolute Gasteiger partial charge is 0.494 e. The number of fused-ring (bicyclic) bond motifs is 1. The second-order valence-electron chi connectivity index (χ2n) is 7.72. The summed E-state index contributed by atoms with van der Waals surface area (Å²) in [4.78, 5) is 16.6. The molecular formula is C19H29N3O3. The Morgan fingerprint density at radius 2 is 1.76 bits per heavy atom. The van der Waals surface area contributed by atoms with Gasteiger partial charge in [0.1, 0.15) is 5.75 Å². The molecule has 0 saturated carbocycles. The molecule has 25 heavy (non-hydrogen) atoms. The molecule has 0 radical (unpaired) electrons. The summed E-state index contributed by atoms with van der Waals surface area (Å²) in [6, 6.07) is 8.20.